The average molecular weight is 681 g/mol. The first-order chi connectivity index (χ1) is 21.1. The van der Waals surface area contributed by atoms with Crippen LogP contribution in [0, 0.1) is 6.92 Å². The summed E-state index contributed by atoms with van der Waals surface area (Å²) in [5.41, 5.74) is 3.70. The monoisotopic (exact) mass is 680 g/mol. The number of hydrogen-bond donors (Lipinski definition) is 3. The Morgan fingerprint density at radius 3 is 1.70 bits per heavy atom. The Morgan fingerprint density at radius 2 is 1.26 bits per heavy atom. The average Bonchev–Trinajstić information content (AvgIpc) is 3.13. The van der Waals surface area contributed by atoms with Crippen LogP contribution >= 0.6 is 0 Å². The standard InChI is InChI=1S/C20H26N4O.3C2HF3O2/c1-16-2-3-18-15-23(19-6-12-25-13-7-19)10-11-24(20(18)22-16)14-17-4-8-21-9-5-17;3*3-2(4,5)1(6)7/h2-5,8-9,19H,6-7,10-15H2,1H3;3*(H,6,7). The van der Waals surface area contributed by atoms with Gasteiger partial charge in [0.15, 0.2) is 0 Å². The third-order valence-electron chi connectivity index (χ3n) is 5.98. The SMILES string of the molecule is Cc1ccc2c(n1)N(Cc1ccncc1)CCN(C1CCOCC1)C2.O=C(O)C(F)(F)F.O=C(O)C(F)(F)F.O=C(O)C(F)(F)F. The maximum Gasteiger partial charge on any atom is 0.490 e. The quantitative estimate of drug-likeness (QED) is 0.387. The van der Waals surface area contributed by atoms with Crippen LogP contribution in [0.4, 0.5) is 45.3 Å². The summed E-state index contributed by atoms with van der Waals surface area (Å²) < 4.78 is 101. The molecule has 0 spiro atoms. The molecule has 3 N–H and O–H groups in total. The number of halogens is 9. The van der Waals surface area contributed by atoms with Crippen LogP contribution in [0.5, 0.6) is 0 Å². The number of carboxylic acids is 3. The van der Waals surface area contributed by atoms with E-state index >= 15 is 0 Å². The van der Waals surface area contributed by atoms with E-state index in [1.54, 1.807) is 0 Å². The number of nitrogens with zero attached hydrogens (tertiary/aromatic N) is 4. The summed E-state index contributed by atoms with van der Waals surface area (Å²) in [6, 6.07) is 9.21. The van der Waals surface area contributed by atoms with E-state index in [4.69, 9.17) is 39.4 Å². The number of aliphatic carboxylic acids is 3. The van der Waals surface area contributed by atoms with E-state index in [2.05, 4.69) is 46.0 Å². The van der Waals surface area contributed by atoms with Crippen molar-refractivity contribution in [2.24, 2.45) is 0 Å². The van der Waals surface area contributed by atoms with Gasteiger partial charge in [-0.1, -0.05) is 6.07 Å². The summed E-state index contributed by atoms with van der Waals surface area (Å²) >= 11 is 0. The van der Waals surface area contributed by atoms with Crippen molar-refractivity contribution in [3.63, 3.8) is 0 Å². The summed E-state index contributed by atoms with van der Waals surface area (Å²) in [4.78, 5) is 40.8. The van der Waals surface area contributed by atoms with Crippen LogP contribution in [0.25, 0.3) is 0 Å². The lowest BCUT2D eigenvalue weighted by Crippen LogP contribution is -2.41. The number of carboxylic acid groups (broad SMARTS) is 3. The lowest BCUT2D eigenvalue weighted by Gasteiger charge is -2.33. The summed E-state index contributed by atoms with van der Waals surface area (Å²) in [6.07, 6.45) is -9.24. The fraction of sp³-hybridized carbons (Fsp3) is 0.500. The molecule has 1 saturated heterocycles. The highest BCUT2D eigenvalue weighted by Crippen LogP contribution is 2.28. The second kappa shape index (κ2) is 17.5. The number of alkyl halides is 9. The Hall–Kier alpha value is -4.20. The van der Waals surface area contributed by atoms with Crippen LogP contribution < -0.4 is 4.90 Å². The molecule has 2 aliphatic heterocycles. The van der Waals surface area contributed by atoms with Crippen molar-refractivity contribution in [3.8, 4) is 0 Å². The molecule has 46 heavy (non-hydrogen) atoms. The van der Waals surface area contributed by atoms with Crippen molar-refractivity contribution < 1.29 is 74.0 Å². The molecule has 4 rings (SSSR count). The zero-order valence-corrected chi connectivity index (χ0v) is 23.9. The zero-order valence-electron chi connectivity index (χ0n) is 23.9. The topological polar surface area (TPSA) is 153 Å². The Kier molecular flexibility index (Phi) is 15.1. The van der Waals surface area contributed by atoms with E-state index in [-0.39, 0.29) is 0 Å². The summed E-state index contributed by atoms with van der Waals surface area (Å²) in [5, 5.41) is 21.4. The number of carbonyl (C=O) groups is 3. The maximum atomic E-state index is 10.6. The molecule has 0 unspecified atom stereocenters. The number of aromatic nitrogens is 2. The van der Waals surface area contributed by atoms with Gasteiger partial charge in [-0.2, -0.15) is 39.5 Å². The van der Waals surface area contributed by atoms with Crippen LogP contribution in [0.1, 0.15) is 29.7 Å². The van der Waals surface area contributed by atoms with E-state index in [1.165, 1.54) is 11.1 Å². The van der Waals surface area contributed by atoms with Crippen molar-refractivity contribution in [2.45, 2.75) is 57.4 Å². The largest absolute Gasteiger partial charge is 0.490 e. The fourth-order valence-corrected chi connectivity index (χ4v) is 3.85. The van der Waals surface area contributed by atoms with E-state index in [1.807, 2.05) is 12.4 Å². The van der Waals surface area contributed by atoms with Gasteiger partial charge in [0.2, 0.25) is 0 Å². The van der Waals surface area contributed by atoms with Crippen LogP contribution in [0.3, 0.4) is 0 Å². The molecule has 0 saturated carbocycles. The van der Waals surface area contributed by atoms with Crippen LogP contribution in [-0.2, 0) is 32.2 Å². The molecule has 258 valence electrons. The van der Waals surface area contributed by atoms with Crippen molar-refractivity contribution in [1.82, 2.24) is 14.9 Å². The van der Waals surface area contributed by atoms with Gasteiger partial charge in [-0.25, -0.2) is 19.4 Å². The van der Waals surface area contributed by atoms with Crippen molar-refractivity contribution >= 4 is 23.7 Å². The normalized spacial score (nSPS) is 15.7. The Labute approximate surface area is 255 Å². The molecule has 0 aliphatic carbocycles. The molecule has 4 heterocycles. The van der Waals surface area contributed by atoms with Gasteiger partial charge in [0.1, 0.15) is 5.82 Å². The molecule has 2 aromatic heterocycles. The van der Waals surface area contributed by atoms with E-state index in [0.717, 1.165) is 63.7 Å². The van der Waals surface area contributed by atoms with Gasteiger partial charge < -0.3 is 25.0 Å². The number of anilines is 1. The number of ether oxygens (including phenoxy) is 1. The van der Waals surface area contributed by atoms with Crippen LogP contribution in [-0.4, -0.2) is 99.0 Å². The molecule has 1 fully saturated rings. The predicted molar refractivity (Wildman–Crippen MR) is 140 cm³/mol. The minimum Gasteiger partial charge on any atom is -0.475 e. The number of aryl methyl sites for hydroxylation is 1. The second-order valence-electron chi connectivity index (χ2n) is 9.44. The minimum atomic E-state index is -5.08. The minimum absolute atomic E-state index is 0.628. The predicted octanol–water partition coefficient (Wildman–Crippen LogP) is 4.69. The molecule has 0 radical (unpaired) electrons. The van der Waals surface area contributed by atoms with E-state index in [9.17, 15) is 39.5 Å². The highest BCUT2D eigenvalue weighted by molar-refractivity contribution is 5.73. The first-order valence-corrected chi connectivity index (χ1v) is 13.0. The summed E-state index contributed by atoms with van der Waals surface area (Å²) in [6.45, 7) is 7.80. The number of pyridine rings is 2. The molecule has 0 bridgehead atoms. The molecule has 20 heteroatoms. The van der Waals surface area contributed by atoms with Gasteiger partial charge in [0.25, 0.3) is 0 Å². The van der Waals surface area contributed by atoms with Gasteiger partial charge in [-0.3, -0.25) is 9.88 Å². The van der Waals surface area contributed by atoms with Crippen LogP contribution in [0.2, 0.25) is 0 Å². The highest BCUT2D eigenvalue weighted by atomic mass is 19.4. The second-order valence-corrected chi connectivity index (χ2v) is 9.44. The van der Waals surface area contributed by atoms with Gasteiger partial charge in [-0.15, -0.1) is 0 Å². The van der Waals surface area contributed by atoms with Gasteiger partial charge in [-0.05, 0) is 43.5 Å². The van der Waals surface area contributed by atoms with Gasteiger partial charge in [0.05, 0.1) is 0 Å². The smallest absolute Gasteiger partial charge is 0.475 e. The molecule has 2 aliphatic rings. The van der Waals surface area contributed by atoms with Gasteiger partial charge in [0, 0.05) is 69.1 Å². The molecule has 11 nitrogen and oxygen atoms in total. The molecular formula is C26H29F9N4O7. The third kappa shape index (κ3) is 14.7. The first-order valence-electron chi connectivity index (χ1n) is 13.0. The Bertz CT molecular complexity index is 1210. The van der Waals surface area contributed by atoms with Crippen molar-refractivity contribution in [3.05, 3.63) is 53.5 Å². The van der Waals surface area contributed by atoms with Crippen LogP contribution in [0.15, 0.2) is 36.7 Å². The molecule has 2 aromatic rings. The summed E-state index contributed by atoms with van der Waals surface area (Å²) in [7, 11) is 0. The van der Waals surface area contributed by atoms with Crippen molar-refractivity contribution in [1.29, 1.82) is 0 Å². The first kappa shape index (κ1) is 39.8. The van der Waals surface area contributed by atoms with E-state index < -0.39 is 36.4 Å². The third-order valence-corrected chi connectivity index (χ3v) is 5.98. The number of fused-ring (bicyclic) bond motifs is 1. The fourth-order valence-electron chi connectivity index (χ4n) is 3.85. The van der Waals surface area contributed by atoms with Gasteiger partial charge >= 0.3 is 36.4 Å². The number of rotatable bonds is 3. The lowest BCUT2D eigenvalue weighted by atomic mass is 10.1. The van der Waals surface area contributed by atoms with E-state index in [0.29, 0.717) is 6.04 Å². The Morgan fingerprint density at radius 1 is 0.804 bits per heavy atom. The lowest BCUT2D eigenvalue weighted by molar-refractivity contribution is -0.193. The Balaban J connectivity index is 0.000000413. The molecular weight excluding hydrogens is 651 g/mol. The molecule has 0 amide bonds. The molecule has 0 aromatic carbocycles. The highest BCUT2D eigenvalue weighted by Gasteiger charge is 2.39. The zero-order chi connectivity index (χ0) is 35.3. The van der Waals surface area contributed by atoms with Crippen molar-refractivity contribution in [2.75, 3.05) is 31.2 Å². The maximum absolute atomic E-state index is 10.6. The molecule has 0 atom stereocenters. The number of hydrogen-bond acceptors (Lipinski definition) is 8. The summed E-state index contributed by atoms with van der Waals surface area (Å²) in [5.74, 6) is -7.13.